The molecule has 0 fully saturated rings. The minimum absolute atomic E-state index is 0.649. The Bertz CT molecular complexity index is 362. The van der Waals surface area contributed by atoms with Gasteiger partial charge in [0, 0.05) is 30.7 Å². The normalized spacial score (nSPS) is 20.1. The number of nitrogens with zero attached hydrogens (tertiary/aromatic N) is 1. The zero-order valence-electron chi connectivity index (χ0n) is 11.2. The summed E-state index contributed by atoms with van der Waals surface area (Å²) in [7, 11) is 2.25. The Morgan fingerprint density at radius 1 is 1.41 bits per heavy atom. The van der Waals surface area contributed by atoms with Gasteiger partial charge in [0.05, 0.1) is 0 Å². The molecule has 1 aromatic carbocycles. The van der Waals surface area contributed by atoms with Crippen molar-refractivity contribution in [1.29, 1.82) is 0 Å². The number of likely N-dealkylation sites (N-methyl/N-ethyl adjacent to an activating group) is 1. The zero-order chi connectivity index (χ0) is 12.3. The van der Waals surface area contributed by atoms with Crippen molar-refractivity contribution in [3.8, 4) is 0 Å². The van der Waals surface area contributed by atoms with Crippen molar-refractivity contribution < 1.29 is 0 Å². The van der Waals surface area contributed by atoms with Gasteiger partial charge in [0.15, 0.2) is 0 Å². The van der Waals surface area contributed by atoms with Crippen LogP contribution in [0.5, 0.6) is 0 Å². The average Bonchev–Trinajstić information content (AvgIpc) is 2.73. The van der Waals surface area contributed by atoms with Crippen molar-refractivity contribution >= 4 is 5.69 Å². The number of para-hydroxylation sites is 1. The van der Waals surface area contributed by atoms with E-state index in [1.807, 2.05) is 0 Å². The molecule has 1 N–H and O–H groups in total. The number of hydrogen-bond acceptors (Lipinski definition) is 2. The van der Waals surface area contributed by atoms with Gasteiger partial charge in [0.2, 0.25) is 0 Å². The third-order valence-electron chi connectivity index (χ3n) is 3.91. The Morgan fingerprint density at radius 3 is 2.94 bits per heavy atom. The van der Waals surface area contributed by atoms with Crippen molar-refractivity contribution in [2.24, 2.45) is 0 Å². The molecule has 1 aromatic rings. The predicted molar refractivity (Wildman–Crippen MR) is 74.7 cm³/mol. The van der Waals surface area contributed by atoms with Gasteiger partial charge in [0.25, 0.3) is 0 Å². The maximum atomic E-state index is 3.50. The van der Waals surface area contributed by atoms with Crippen LogP contribution in [0.25, 0.3) is 0 Å². The molecule has 17 heavy (non-hydrogen) atoms. The van der Waals surface area contributed by atoms with Gasteiger partial charge in [-0.15, -0.1) is 0 Å². The second-order valence-corrected chi connectivity index (χ2v) is 5.24. The molecule has 2 rings (SSSR count). The molecule has 0 radical (unpaired) electrons. The van der Waals surface area contributed by atoms with E-state index in [4.69, 9.17) is 0 Å². The van der Waals surface area contributed by atoms with E-state index in [2.05, 4.69) is 55.4 Å². The van der Waals surface area contributed by atoms with Crippen LogP contribution in [0.3, 0.4) is 0 Å². The molecule has 2 unspecified atom stereocenters. The summed E-state index contributed by atoms with van der Waals surface area (Å²) in [6.07, 6.45) is 2.56. The molecular weight excluding hydrogens is 208 g/mol. The van der Waals surface area contributed by atoms with Crippen LogP contribution < -0.4 is 5.32 Å². The first-order valence-corrected chi connectivity index (χ1v) is 6.75. The molecule has 94 valence electrons. The second kappa shape index (κ2) is 5.54. The van der Waals surface area contributed by atoms with Crippen LogP contribution >= 0.6 is 0 Å². The van der Waals surface area contributed by atoms with Gasteiger partial charge < -0.3 is 10.2 Å². The van der Waals surface area contributed by atoms with E-state index in [0.29, 0.717) is 12.0 Å². The highest BCUT2D eigenvalue weighted by Crippen LogP contribution is 2.31. The standard InChI is InChI=1S/C15H24N2/c1-4-7-12(2)17(3)11-13-10-16-15-9-6-5-8-14(13)15/h5-6,8-9,12-13,16H,4,7,10-11H2,1-3H3. The maximum absolute atomic E-state index is 3.50. The van der Waals surface area contributed by atoms with Crippen molar-refractivity contribution in [1.82, 2.24) is 4.90 Å². The van der Waals surface area contributed by atoms with Crippen molar-refractivity contribution in [3.05, 3.63) is 29.8 Å². The van der Waals surface area contributed by atoms with Crippen molar-refractivity contribution in [2.45, 2.75) is 38.6 Å². The first-order chi connectivity index (χ1) is 8.22. The maximum Gasteiger partial charge on any atom is 0.0376 e. The quantitative estimate of drug-likeness (QED) is 0.838. The minimum Gasteiger partial charge on any atom is -0.384 e. The van der Waals surface area contributed by atoms with Crippen LogP contribution in [-0.2, 0) is 0 Å². The first kappa shape index (κ1) is 12.4. The van der Waals surface area contributed by atoms with Crippen LogP contribution in [0.15, 0.2) is 24.3 Å². The van der Waals surface area contributed by atoms with E-state index in [-0.39, 0.29) is 0 Å². The van der Waals surface area contributed by atoms with Gasteiger partial charge in [-0.05, 0) is 32.0 Å². The van der Waals surface area contributed by atoms with Gasteiger partial charge in [0.1, 0.15) is 0 Å². The monoisotopic (exact) mass is 232 g/mol. The molecule has 0 aromatic heterocycles. The Morgan fingerprint density at radius 2 is 2.18 bits per heavy atom. The fraction of sp³-hybridized carbons (Fsp3) is 0.600. The van der Waals surface area contributed by atoms with Crippen LogP contribution in [0, 0.1) is 0 Å². The van der Waals surface area contributed by atoms with Crippen LogP contribution in [0.4, 0.5) is 5.69 Å². The number of benzene rings is 1. The molecule has 0 amide bonds. The fourth-order valence-corrected chi connectivity index (χ4v) is 2.69. The van der Waals surface area contributed by atoms with Gasteiger partial charge in [-0.3, -0.25) is 0 Å². The highest BCUT2D eigenvalue weighted by atomic mass is 15.1. The lowest BCUT2D eigenvalue weighted by atomic mass is 10.00. The van der Waals surface area contributed by atoms with Crippen molar-refractivity contribution in [2.75, 3.05) is 25.5 Å². The predicted octanol–water partition coefficient (Wildman–Crippen LogP) is 3.32. The first-order valence-electron chi connectivity index (χ1n) is 6.75. The number of anilines is 1. The minimum atomic E-state index is 0.649. The molecule has 2 atom stereocenters. The van der Waals surface area contributed by atoms with Gasteiger partial charge in [-0.2, -0.15) is 0 Å². The summed E-state index contributed by atoms with van der Waals surface area (Å²) >= 11 is 0. The smallest absolute Gasteiger partial charge is 0.0376 e. The summed E-state index contributed by atoms with van der Waals surface area (Å²) in [5, 5.41) is 3.50. The largest absolute Gasteiger partial charge is 0.384 e. The molecule has 0 spiro atoms. The molecular formula is C15H24N2. The lowest BCUT2D eigenvalue weighted by molar-refractivity contribution is 0.234. The highest BCUT2D eigenvalue weighted by molar-refractivity contribution is 5.57. The lowest BCUT2D eigenvalue weighted by Crippen LogP contribution is -2.33. The topological polar surface area (TPSA) is 15.3 Å². The second-order valence-electron chi connectivity index (χ2n) is 5.24. The molecule has 1 heterocycles. The fourth-order valence-electron chi connectivity index (χ4n) is 2.69. The Kier molecular flexibility index (Phi) is 4.06. The SMILES string of the molecule is CCCC(C)N(C)CC1CNc2ccccc21. The number of hydrogen-bond donors (Lipinski definition) is 1. The molecule has 0 bridgehead atoms. The molecule has 1 aliphatic rings. The molecule has 0 aliphatic carbocycles. The van der Waals surface area contributed by atoms with Crippen molar-refractivity contribution in [3.63, 3.8) is 0 Å². The van der Waals surface area contributed by atoms with Crippen LogP contribution in [0.1, 0.15) is 38.2 Å². The van der Waals surface area contributed by atoms with E-state index in [9.17, 15) is 0 Å². The summed E-state index contributed by atoms with van der Waals surface area (Å²) in [5.41, 5.74) is 2.82. The summed E-state index contributed by atoms with van der Waals surface area (Å²) < 4.78 is 0. The van der Waals surface area contributed by atoms with Gasteiger partial charge in [-0.25, -0.2) is 0 Å². The summed E-state index contributed by atoms with van der Waals surface area (Å²) in [4.78, 5) is 2.50. The molecule has 2 nitrogen and oxygen atoms in total. The third-order valence-corrected chi connectivity index (χ3v) is 3.91. The zero-order valence-corrected chi connectivity index (χ0v) is 11.2. The van der Waals surface area contributed by atoms with Crippen LogP contribution in [0.2, 0.25) is 0 Å². The van der Waals surface area contributed by atoms with Gasteiger partial charge >= 0.3 is 0 Å². The molecule has 2 heteroatoms. The lowest BCUT2D eigenvalue weighted by Gasteiger charge is -2.27. The molecule has 0 saturated carbocycles. The van der Waals surface area contributed by atoms with Crippen LogP contribution in [-0.4, -0.2) is 31.1 Å². The Balaban J connectivity index is 1.97. The number of nitrogens with one attached hydrogen (secondary N) is 1. The number of rotatable bonds is 5. The number of fused-ring (bicyclic) bond motifs is 1. The van der Waals surface area contributed by atoms with Gasteiger partial charge in [-0.1, -0.05) is 31.5 Å². The summed E-state index contributed by atoms with van der Waals surface area (Å²) in [5.74, 6) is 0.649. The Labute approximate surface area is 105 Å². The average molecular weight is 232 g/mol. The highest BCUT2D eigenvalue weighted by Gasteiger charge is 2.23. The summed E-state index contributed by atoms with van der Waals surface area (Å²) in [6.45, 7) is 6.84. The molecule has 0 saturated heterocycles. The van der Waals surface area contributed by atoms with E-state index >= 15 is 0 Å². The third kappa shape index (κ3) is 2.81. The van der Waals surface area contributed by atoms with E-state index in [1.165, 1.54) is 24.1 Å². The van der Waals surface area contributed by atoms with E-state index < -0.39 is 0 Å². The Hall–Kier alpha value is -1.02. The molecule has 1 aliphatic heterocycles. The van der Waals surface area contributed by atoms with E-state index in [0.717, 1.165) is 13.1 Å². The van der Waals surface area contributed by atoms with E-state index in [1.54, 1.807) is 0 Å². The summed E-state index contributed by atoms with van der Waals surface area (Å²) in [6, 6.07) is 9.39.